The zero-order chi connectivity index (χ0) is 21.0. The van der Waals surface area contributed by atoms with Crippen LogP contribution in [0.15, 0.2) is 52.0 Å². The average molecular weight is 461 g/mol. The van der Waals surface area contributed by atoms with Crippen LogP contribution in [0.4, 0.5) is 5.69 Å². The third-order valence-corrected chi connectivity index (χ3v) is 4.41. The van der Waals surface area contributed by atoms with E-state index in [2.05, 4.69) is 26.2 Å². The molecule has 0 saturated heterocycles. The number of amides is 2. The highest BCUT2D eigenvalue weighted by Crippen LogP contribution is 2.30. The zero-order valence-corrected chi connectivity index (χ0v) is 16.9. The molecule has 3 rings (SSSR count). The number of nitrogens with one attached hydrogen (secondary N) is 1. The second-order valence-corrected chi connectivity index (χ2v) is 6.92. The van der Waals surface area contributed by atoms with E-state index >= 15 is 0 Å². The highest BCUT2D eigenvalue weighted by Gasteiger charge is 2.12. The van der Waals surface area contributed by atoms with E-state index in [1.165, 1.54) is 24.1 Å². The number of aromatic nitrogens is 2. The Kier molecular flexibility index (Phi) is 6.13. The van der Waals surface area contributed by atoms with Crippen molar-refractivity contribution in [2.75, 3.05) is 19.0 Å². The van der Waals surface area contributed by atoms with Crippen molar-refractivity contribution in [1.82, 2.24) is 9.55 Å². The van der Waals surface area contributed by atoms with Gasteiger partial charge in [-0.1, -0.05) is 15.9 Å². The van der Waals surface area contributed by atoms with Crippen molar-refractivity contribution in [3.63, 3.8) is 0 Å². The van der Waals surface area contributed by atoms with Crippen LogP contribution < -0.4 is 26.1 Å². The number of methoxy groups -OCH3 is 1. The van der Waals surface area contributed by atoms with E-state index in [1.54, 1.807) is 30.3 Å². The Morgan fingerprint density at radius 3 is 2.72 bits per heavy atom. The summed E-state index contributed by atoms with van der Waals surface area (Å²) in [4.78, 5) is 40.1. The maximum absolute atomic E-state index is 12.6. The lowest BCUT2D eigenvalue weighted by molar-refractivity contribution is -0.120. The molecule has 2 aromatic carbocycles. The first kappa shape index (κ1) is 20.3. The molecule has 1 aromatic heterocycles. The Hall–Kier alpha value is -3.40. The number of nitrogens with zero attached hydrogens (tertiary/aromatic N) is 2. The minimum atomic E-state index is -0.642. The number of anilines is 1. The van der Waals surface area contributed by atoms with E-state index in [4.69, 9.17) is 15.2 Å². The molecule has 0 fully saturated rings. The van der Waals surface area contributed by atoms with Crippen LogP contribution in [0, 0.1) is 0 Å². The second-order valence-electron chi connectivity index (χ2n) is 6.01. The minimum Gasteiger partial charge on any atom is -0.493 e. The maximum atomic E-state index is 12.6. The van der Waals surface area contributed by atoms with Crippen LogP contribution >= 0.6 is 15.9 Å². The highest BCUT2D eigenvalue weighted by atomic mass is 79.9. The van der Waals surface area contributed by atoms with Crippen molar-refractivity contribution in [2.24, 2.45) is 5.73 Å². The summed E-state index contributed by atoms with van der Waals surface area (Å²) in [5, 5.41) is 3.07. The summed E-state index contributed by atoms with van der Waals surface area (Å²) < 4.78 is 12.4. The fourth-order valence-corrected chi connectivity index (χ4v) is 2.98. The van der Waals surface area contributed by atoms with Gasteiger partial charge in [0.1, 0.15) is 6.54 Å². The van der Waals surface area contributed by atoms with E-state index < -0.39 is 11.8 Å². The molecule has 0 spiro atoms. The van der Waals surface area contributed by atoms with Crippen LogP contribution in [0.1, 0.15) is 0 Å². The number of halogens is 1. The Labute approximate surface area is 173 Å². The Balaban J connectivity index is 1.78. The Morgan fingerprint density at radius 2 is 2.00 bits per heavy atom. The molecule has 2 amide bonds. The average Bonchev–Trinajstić information content (AvgIpc) is 2.69. The molecule has 3 aromatic rings. The molecule has 150 valence electrons. The largest absolute Gasteiger partial charge is 0.493 e. The molecule has 9 nitrogen and oxygen atoms in total. The highest BCUT2D eigenvalue weighted by molar-refractivity contribution is 9.10. The molecule has 0 atom stereocenters. The standard InChI is InChI=1S/C19H17BrN4O5/c1-28-15-5-3-12(7-16(15)29-9-17(21)25)23-18(26)8-24-10-22-14-4-2-11(20)6-13(14)19(24)27/h2-7,10H,8-9H2,1H3,(H2,21,25)(H,23,26). The van der Waals surface area contributed by atoms with Gasteiger partial charge in [-0.2, -0.15) is 0 Å². The number of ether oxygens (including phenoxy) is 2. The second kappa shape index (κ2) is 8.74. The van der Waals surface area contributed by atoms with Gasteiger partial charge in [0, 0.05) is 16.2 Å². The van der Waals surface area contributed by atoms with Crippen LogP contribution in [0.5, 0.6) is 11.5 Å². The number of hydrogen-bond donors (Lipinski definition) is 2. The van der Waals surface area contributed by atoms with Gasteiger partial charge in [-0.3, -0.25) is 19.0 Å². The zero-order valence-electron chi connectivity index (χ0n) is 15.3. The molecule has 29 heavy (non-hydrogen) atoms. The molecule has 0 aliphatic rings. The number of fused-ring (bicyclic) bond motifs is 1. The topological polar surface area (TPSA) is 126 Å². The molecule has 3 N–H and O–H groups in total. The smallest absolute Gasteiger partial charge is 0.261 e. The van der Waals surface area contributed by atoms with Crippen LogP contribution in [-0.4, -0.2) is 35.1 Å². The van der Waals surface area contributed by atoms with E-state index in [1.807, 2.05) is 0 Å². The first-order valence-electron chi connectivity index (χ1n) is 8.41. The van der Waals surface area contributed by atoms with Gasteiger partial charge in [-0.25, -0.2) is 4.98 Å². The monoisotopic (exact) mass is 460 g/mol. The minimum absolute atomic E-state index is 0.224. The van der Waals surface area contributed by atoms with Crippen molar-refractivity contribution in [3.05, 3.63) is 57.6 Å². The summed E-state index contributed by atoms with van der Waals surface area (Å²) in [6.07, 6.45) is 1.33. The summed E-state index contributed by atoms with van der Waals surface area (Å²) in [6.45, 7) is -0.556. The molecule has 0 aliphatic carbocycles. The van der Waals surface area contributed by atoms with Gasteiger partial charge in [0.2, 0.25) is 5.91 Å². The van der Waals surface area contributed by atoms with Crippen molar-refractivity contribution < 1.29 is 19.1 Å². The van der Waals surface area contributed by atoms with Gasteiger partial charge >= 0.3 is 0 Å². The third kappa shape index (κ3) is 4.91. The summed E-state index contributed by atoms with van der Waals surface area (Å²) >= 11 is 3.32. The molecule has 1 heterocycles. The molecule has 0 saturated carbocycles. The Morgan fingerprint density at radius 1 is 1.21 bits per heavy atom. The summed E-state index contributed by atoms with van der Waals surface area (Å²) in [6, 6.07) is 9.84. The lowest BCUT2D eigenvalue weighted by atomic mass is 10.2. The molecule has 0 aliphatic heterocycles. The van der Waals surface area contributed by atoms with Gasteiger partial charge in [0.25, 0.3) is 11.5 Å². The molecular formula is C19H17BrN4O5. The fourth-order valence-electron chi connectivity index (χ4n) is 2.62. The predicted molar refractivity (Wildman–Crippen MR) is 110 cm³/mol. The normalized spacial score (nSPS) is 10.6. The number of nitrogens with two attached hydrogens (primary N) is 1. The van der Waals surface area contributed by atoms with Gasteiger partial charge in [0.15, 0.2) is 18.1 Å². The van der Waals surface area contributed by atoms with Gasteiger partial charge in [0.05, 0.1) is 24.3 Å². The van der Waals surface area contributed by atoms with Gasteiger partial charge in [-0.05, 0) is 30.3 Å². The maximum Gasteiger partial charge on any atom is 0.261 e. The SMILES string of the molecule is COc1ccc(NC(=O)Cn2cnc3ccc(Br)cc3c2=O)cc1OCC(N)=O. The molecule has 0 unspecified atom stereocenters. The first-order chi connectivity index (χ1) is 13.9. The molecule has 0 radical (unpaired) electrons. The number of carbonyl (C=O) groups excluding carboxylic acids is 2. The van der Waals surface area contributed by atoms with E-state index in [0.29, 0.717) is 22.3 Å². The number of primary amides is 1. The van der Waals surface area contributed by atoms with E-state index in [-0.39, 0.29) is 24.5 Å². The predicted octanol–water partition coefficient (Wildman–Crippen LogP) is 1.67. The molecular weight excluding hydrogens is 444 g/mol. The van der Waals surface area contributed by atoms with E-state index in [9.17, 15) is 14.4 Å². The summed E-state index contributed by atoms with van der Waals surface area (Å²) in [5.74, 6) is -0.450. The quantitative estimate of drug-likeness (QED) is 0.552. The van der Waals surface area contributed by atoms with Crippen molar-refractivity contribution in [2.45, 2.75) is 6.54 Å². The number of benzene rings is 2. The molecule has 10 heteroatoms. The number of rotatable bonds is 7. The van der Waals surface area contributed by atoms with Crippen molar-refractivity contribution >= 4 is 44.3 Å². The Bertz CT molecular complexity index is 1150. The van der Waals surface area contributed by atoms with Crippen molar-refractivity contribution in [3.8, 4) is 11.5 Å². The third-order valence-electron chi connectivity index (χ3n) is 3.92. The van der Waals surface area contributed by atoms with Crippen LogP contribution in [0.25, 0.3) is 10.9 Å². The van der Waals surface area contributed by atoms with Crippen LogP contribution in [-0.2, 0) is 16.1 Å². The lowest BCUT2D eigenvalue weighted by Crippen LogP contribution is -2.28. The first-order valence-corrected chi connectivity index (χ1v) is 9.20. The van der Waals surface area contributed by atoms with E-state index in [0.717, 1.165) is 4.47 Å². The molecule has 0 bridgehead atoms. The lowest BCUT2D eigenvalue weighted by Gasteiger charge is -2.12. The van der Waals surface area contributed by atoms with Gasteiger partial charge < -0.3 is 20.5 Å². The summed E-state index contributed by atoms with van der Waals surface area (Å²) in [7, 11) is 1.45. The number of carbonyl (C=O) groups is 2. The van der Waals surface area contributed by atoms with Crippen LogP contribution in [0.3, 0.4) is 0 Å². The summed E-state index contributed by atoms with van der Waals surface area (Å²) in [5.41, 5.74) is 5.70. The fraction of sp³-hybridized carbons (Fsp3) is 0.158. The van der Waals surface area contributed by atoms with Crippen LogP contribution in [0.2, 0.25) is 0 Å². The van der Waals surface area contributed by atoms with Gasteiger partial charge in [-0.15, -0.1) is 0 Å². The van der Waals surface area contributed by atoms with Crippen molar-refractivity contribution in [1.29, 1.82) is 0 Å². The number of hydrogen-bond acceptors (Lipinski definition) is 6.